The van der Waals surface area contributed by atoms with Crippen LogP contribution in [0.4, 0.5) is 16.2 Å². The van der Waals surface area contributed by atoms with Gasteiger partial charge in [-0.05, 0) is 48.5 Å². The number of ether oxygens (including phenoxy) is 2. The molecule has 0 atom stereocenters. The summed E-state index contributed by atoms with van der Waals surface area (Å²) in [5.74, 6) is 0.467. The lowest BCUT2D eigenvalue weighted by molar-refractivity contribution is 0.152. The topological polar surface area (TPSA) is 94.4 Å². The molecule has 22 heavy (non-hydrogen) atoms. The van der Waals surface area contributed by atoms with Crippen molar-refractivity contribution in [2.45, 2.75) is 0 Å². The SMILES string of the molecule is O=C=Nc1ccc(OC(=O)Oc2ccc(N=C=O)cc2)cc1. The highest BCUT2D eigenvalue weighted by molar-refractivity contribution is 5.67. The molecule has 0 heterocycles. The van der Waals surface area contributed by atoms with Gasteiger partial charge in [0.15, 0.2) is 0 Å². The van der Waals surface area contributed by atoms with Crippen molar-refractivity contribution in [1.29, 1.82) is 0 Å². The third-order valence-electron chi connectivity index (χ3n) is 2.43. The van der Waals surface area contributed by atoms with E-state index in [1.807, 2.05) is 0 Å². The number of rotatable bonds is 4. The first kappa shape index (κ1) is 14.9. The number of hydrogen-bond acceptors (Lipinski definition) is 7. The van der Waals surface area contributed by atoms with Gasteiger partial charge in [0.1, 0.15) is 11.5 Å². The predicted molar refractivity (Wildman–Crippen MR) is 75.1 cm³/mol. The van der Waals surface area contributed by atoms with Crippen molar-refractivity contribution in [3.8, 4) is 11.5 Å². The van der Waals surface area contributed by atoms with Crippen molar-refractivity contribution in [3.63, 3.8) is 0 Å². The molecule has 0 aliphatic rings. The standard InChI is InChI=1S/C15H8N2O5/c18-9-16-11-1-5-13(6-2-11)21-15(20)22-14-7-3-12(4-8-14)17-10-19/h1-8H. The third kappa shape index (κ3) is 4.25. The van der Waals surface area contributed by atoms with E-state index in [0.29, 0.717) is 11.4 Å². The molecular formula is C15H8N2O5. The zero-order valence-electron chi connectivity index (χ0n) is 11.1. The summed E-state index contributed by atoms with van der Waals surface area (Å²) in [6.07, 6.45) is 1.87. The molecule has 0 aliphatic heterocycles. The maximum Gasteiger partial charge on any atom is 0.519 e. The quantitative estimate of drug-likeness (QED) is 0.373. The molecule has 0 aliphatic carbocycles. The smallest absolute Gasteiger partial charge is 0.395 e. The Morgan fingerprint density at radius 2 is 1.09 bits per heavy atom. The van der Waals surface area contributed by atoms with Crippen molar-refractivity contribution >= 4 is 29.7 Å². The number of benzene rings is 2. The van der Waals surface area contributed by atoms with Crippen LogP contribution in [0, 0.1) is 0 Å². The number of aliphatic imine (C=N–C) groups is 2. The fourth-order valence-corrected chi connectivity index (χ4v) is 1.50. The molecule has 0 saturated carbocycles. The van der Waals surface area contributed by atoms with Gasteiger partial charge in [-0.3, -0.25) is 0 Å². The van der Waals surface area contributed by atoms with Crippen LogP contribution in [-0.4, -0.2) is 18.3 Å². The summed E-state index contributed by atoms with van der Waals surface area (Å²) in [6.45, 7) is 0. The molecule has 2 aromatic carbocycles. The predicted octanol–water partition coefficient (Wildman–Crippen LogP) is 3.20. The summed E-state index contributed by atoms with van der Waals surface area (Å²) in [6, 6.07) is 11.8. The molecular weight excluding hydrogens is 288 g/mol. The normalized spacial score (nSPS) is 9.09. The van der Waals surface area contributed by atoms with E-state index in [1.165, 1.54) is 60.7 Å². The van der Waals surface area contributed by atoms with Crippen LogP contribution in [0.5, 0.6) is 11.5 Å². The van der Waals surface area contributed by atoms with Gasteiger partial charge in [0, 0.05) is 0 Å². The Bertz CT molecular complexity index is 690. The van der Waals surface area contributed by atoms with E-state index in [1.54, 1.807) is 0 Å². The lowest BCUT2D eigenvalue weighted by Gasteiger charge is -2.05. The molecule has 0 N–H and O–H groups in total. The maximum atomic E-state index is 11.6. The van der Waals surface area contributed by atoms with Gasteiger partial charge in [-0.15, -0.1) is 0 Å². The molecule has 0 fully saturated rings. The monoisotopic (exact) mass is 296 g/mol. The minimum Gasteiger partial charge on any atom is -0.395 e. The van der Waals surface area contributed by atoms with E-state index in [-0.39, 0.29) is 11.5 Å². The molecule has 0 unspecified atom stereocenters. The average Bonchev–Trinajstić information content (AvgIpc) is 2.52. The van der Waals surface area contributed by atoms with Crippen LogP contribution in [0.15, 0.2) is 58.5 Å². The largest absolute Gasteiger partial charge is 0.519 e. The Morgan fingerprint density at radius 3 is 1.41 bits per heavy atom. The van der Waals surface area contributed by atoms with Crippen LogP contribution in [-0.2, 0) is 9.59 Å². The van der Waals surface area contributed by atoms with Gasteiger partial charge in [-0.2, -0.15) is 9.98 Å². The van der Waals surface area contributed by atoms with Crippen LogP contribution in [0.3, 0.4) is 0 Å². The first-order valence-corrected chi connectivity index (χ1v) is 5.97. The van der Waals surface area contributed by atoms with Crippen molar-refractivity contribution < 1.29 is 23.9 Å². The molecule has 108 valence electrons. The number of carbonyl (C=O) groups is 1. The van der Waals surface area contributed by atoms with E-state index >= 15 is 0 Å². The minimum absolute atomic E-state index is 0.233. The lowest BCUT2D eigenvalue weighted by atomic mass is 10.3. The molecule has 7 nitrogen and oxygen atoms in total. The summed E-state index contributed by atoms with van der Waals surface area (Å²) in [7, 11) is 0. The fourth-order valence-electron chi connectivity index (χ4n) is 1.50. The summed E-state index contributed by atoms with van der Waals surface area (Å²) in [5.41, 5.74) is 0.782. The van der Waals surface area contributed by atoms with Crippen molar-refractivity contribution in [2.24, 2.45) is 9.98 Å². The van der Waals surface area contributed by atoms with Gasteiger partial charge in [0.25, 0.3) is 0 Å². The Morgan fingerprint density at radius 1 is 0.727 bits per heavy atom. The second kappa shape index (κ2) is 7.31. The van der Waals surface area contributed by atoms with Crippen LogP contribution >= 0.6 is 0 Å². The number of hydrogen-bond donors (Lipinski definition) is 0. The molecule has 0 spiro atoms. The van der Waals surface area contributed by atoms with E-state index in [4.69, 9.17) is 9.47 Å². The van der Waals surface area contributed by atoms with E-state index in [0.717, 1.165) is 0 Å². The Kier molecular flexibility index (Phi) is 4.94. The maximum absolute atomic E-state index is 11.6. The summed E-state index contributed by atoms with van der Waals surface area (Å²) in [4.78, 5) is 38.6. The van der Waals surface area contributed by atoms with Gasteiger partial charge in [0.2, 0.25) is 12.2 Å². The fraction of sp³-hybridized carbons (Fsp3) is 0. The molecule has 7 heteroatoms. The summed E-state index contributed by atoms with van der Waals surface area (Å²) < 4.78 is 9.88. The van der Waals surface area contributed by atoms with Gasteiger partial charge in [-0.25, -0.2) is 14.4 Å². The van der Waals surface area contributed by atoms with Gasteiger partial charge in [0.05, 0.1) is 11.4 Å². The average molecular weight is 296 g/mol. The van der Waals surface area contributed by atoms with Gasteiger partial charge < -0.3 is 9.47 Å². The first-order valence-electron chi connectivity index (χ1n) is 5.97. The third-order valence-corrected chi connectivity index (χ3v) is 2.43. The van der Waals surface area contributed by atoms with E-state index < -0.39 is 6.16 Å². The first-order chi connectivity index (χ1) is 10.7. The second-order valence-corrected chi connectivity index (χ2v) is 3.85. The van der Waals surface area contributed by atoms with Crippen molar-refractivity contribution in [1.82, 2.24) is 0 Å². The molecule has 0 amide bonds. The summed E-state index contributed by atoms with van der Waals surface area (Å²) >= 11 is 0. The highest BCUT2D eigenvalue weighted by Crippen LogP contribution is 2.20. The lowest BCUT2D eigenvalue weighted by Crippen LogP contribution is -2.13. The van der Waals surface area contributed by atoms with Gasteiger partial charge in [-0.1, -0.05) is 0 Å². The minimum atomic E-state index is -0.932. The molecule has 0 bridgehead atoms. The van der Waals surface area contributed by atoms with Crippen LogP contribution in [0.1, 0.15) is 0 Å². The molecule has 0 aromatic heterocycles. The van der Waals surface area contributed by atoms with Crippen molar-refractivity contribution in [3.05, 3.63) is 48.5 Å². The molecule has 0 saturated heterocycles. The van der Waals surface area contributed by atoms with E-state index in [2.05, 4.69) is 9.98 Å². The van der Waals surface area contributed by atoms with Crippen LogP contribution in [0.2, 0.25) is 0 Å². The number of carbonyl (C=O) groups excluding carboxylic acids is 3. The van der Waals surface area contributed by atoms with Crippen LogP contribution in [0.25, 0.3) is 0 Å². The van der Waals surface area contributed by atoms with E-state index in [9.17, 15) is 14.4 Å². The Hall–Kier alpha value is -3.53. The highest BCUT2D eigenvalue weighted by Gasteiger charge is 2.08. The molecule has 2 rings (SSSR count). The zero-order chi connectivity index (χ0) is 15.8. The summed E-state index contributed by atoms with van der Waals surface area (Å²) in [5, 5.41) is 0. The molecule has 2 aromatic rings. The van der Waals surface area contributed by atoms with Crippen molar-refractivity contribution in [2.75, 3.05) is 0 Å². The zero-order valence-corrected chi connectivity index (χ0v) is 11.1. The number of isocyanates is 2. The second-order valence-electron chi connectivity index (χ2n) is 3.85. The Balaban J connectivity index is 1.97. The molecule has 0 radical (unpaired) electrons. The Labute approximate surface area is 124 Å². The highest BCUT2D eigenvalue weighted by atomic mass is 16.7. The van der Waals surface area contributed by atoms with Gasteiger partial charge >= 0.3 is 6.16 Å². The van der Waals surface area contributed by atoms with Crippen LogP contribution < -0.4 is 9.47 Å². The number of nitrogens with zero attached hydrogens (tertiary/aromatic N) is 2.